The monoisotopic (exact) mass is 287 g/mol. The van der Waals surface area contributed by atoms with E-state index < -0.39 is 0 Å². The van der Waals surface area contributed by atoms with Crippen molar-refractivity contribution in [1.82, 2.24) is 0 Å². The predicted molar refractivity (Wildman–Crippen MR) is 84.1 cm³/mol. The first-order valence-corrected chi connectivity index (χ1v) is 7.20. The third kappa shape index (κ3) is 3.61. The van der Waals surface area contributed by atoms with E-state index >= 15 is 0 Å². The van der Waals surface area contributed by atoms with Crippen LogP contribution in [0.15, 0.2) is 30.3 Å². The number of aryl methyl sites for hydroxylation is 3. The SMILES string of the molecule is Cc1cc(C)c(COc2c(F)cccc2CCN)c(C)c1. The van der Waals surface area contributed by atoms with E-state index in [1.165, 1.54) is 22.8 Å². The minimum absolute atomic E-state index is 0.322. The number of benzene rings is 2. The highest BCUT2D eigenvalue weighted by Gasteiger charge is 2.11. The number of ether oxygens (including phenoxy) is 1. The molecule has 0 spiro atoms. The molecule has 0 saturated heterocycles. The number of para-hydroxylation sites is 1. The lowest BCUT2D eigenvalue weighted by molar-refractivity contribution is 0.285. The van der Waals surface area contributed by atoms with Crippen molar-refractivity contribution in [2.75, 3.05) is 6.54 Å². The fraction of sp³-hybridized carbons (Fsp3) is 0.333. The van der Waals surface area contributed by atoms with Crippen molar-refractivity contribution in [2.24, 2.45) is 5.73 Å². The summed E-state index contributed by atoms with van der Waals surface area (Å²) in [4.78, 5) is 0. The maximum Gasteiger partial charge on any atom is 0.165 e. The molecule has 2 rings (SSSR count). The van der Waals surface area contributed by atoms with Crippen molar-refractivity contribution in [3.63, 3.8) is 0 Å². The van der Waals surface area contributed by atoms with Gasteiger partial charge in [0.1, 0.15) is 6.61 Å². The molecule has 21 heavy (non-hydrogen) atoms. The molecule has 0 aliphatic rings. The number of rotatable bonds is 5. The van der Waals surface area contributed by atoms with Crippen LogP contribution in [0.5, 0.6) is 5.75 Å². The zero-order valence-corrected chi connectivity index (χ0v) is 12.9. The Morgan fingerprint density at radius 3 is 2.38 bits per heavy atom. The summed E-state index contributed by atoms with van der Waals surface area (Å²) in [5, 5.41) is 0. The molecule has 0 bridgehead atoms. The summed E-state index contributed by atoms with van der Waals surface area (Å²) in [5.74, 6) is -0.00862. The largest absolute Gasteiger partial charge is 0.486 e. The van der Waals surface area contributed by atoms with Gasteiger partial charge in [-0.1, -0.05) is 29.8 Å². The van der Waals surface area contributed by atoms with Gasteiger partial charge in [0, 0.05) is 0 Å². The first-order valence-electron chi connectivity index (χ1n) is 7.20. The molecule has 2 N–H and O–H groups in total. The van der Waals surface area contributed by atoms with Crippen molar-refractivity contribution < 1.29 is 9.13 Å². The highest BCUT2D eigenvalue weighted by molar-refractivity contribution is 5.39. The summed E-state index contributed by atoms with van der Waals surface area (Å²) in [7, 11) is 0. The number of hydrogen-bond donors (Lipinski definition) is 1. The zero-order chi connectivity index (χ0) is 15.4. The number of hydrogen-bond acceptors (Lipinski definition) is 2. The van der Waals surface area contributed by atoms with Crippen LogP contribution in [0.3, 0.4) is 0 Å². The summed E-state index contributed by atoms with van der Waals surface area (Å²) in [5.41, 5.74) is 11.1. The maximum absolute atomic E-state index is 14.0. The molecule has 0 unspecified atom stereocenters. The van der Waals surface area contributed by atoms with E-state index in [1.807, 2.05) is 6.07 Å². The van der Waals surface area contributed by atoms with Gasteiger partial charge in [-0.2, -0.15) is 0 Å². The molecule has 2 aromatic rings. The smallest absolute Gasteiger partial charge is 0.165 e. The van der Waals surface area contributed by atoms with Gasteiger partial charge in [0.15, 0.2) is 11.6 Å². The third-order valence-corrected chi connectivity index (χ3v) is 3.66. The van der Waals surface area contributed by atoms with E-state index in [4.69, 9.17) is 10.5 Å². The topological polar surface area (TPSA) is 35.2 Å². The van der Waals surface area contributed by atoms with Crippen LogP contribution in [0, 0.1) is 26.6 Å². The molecule has 0 radical (unpaired) electrons. The van der Waals surface area contributed by atoms with Crippen LogP contribution in [-0.2, 0) is 13.0 Å². The second-order valence-corrected chi connectivity index (χ2v) is 5.43. The van der Waals surface area contributed by atoms with Crippen LogP contribution >= 0.6 is 0 Å². The fourth-order valence-corrected chi connectivity index (χ4v) is 2.65. The van der Waals surface area contributed by atoms with Crippen LogP contribution < -0.4 is 10.5 Å². The van der Waals surface area contributed by atoms with E-state index in [1.54, 1.807) is 6.07 Å². The van der Waals surface area contributed by atoms with Gasteiger partial charge >= 0.3 is 0 Å². The van der Waals surface area contributed by atoms with Crippen molar-refractivity contribution in [3.05, 3.63) is 64.0 Å². The maximum atomic E-state index is 14.0. The van der Waals surface area contributed by atoms with Gasteiger partial charge in [-0.15, -0.1) is 0 Å². The van der Waals surface area contributed by atoms with E-state index in [0.717, 1.165) is 11.1 Å². The van der Waals surface area contributed by atoms with Gasteiger partial charge in [0.05, 0.1) is 0 Å². The van der Waals surface area contributed by atoms with Crippen molar-refractivity contribution in [2.45, 2.75) is 33.8 Å². The Labute approximate surface area is 125 Å². The van der Waals surface area contributed by atoms with Crippen LogP contribution in [0.1, 0.15) is 27.8 Å². The molecule has 0 atom stereocenters. The molecule has 0 saturated carbocycles. The van der Waals surface area contributed by atoms with E-state index in [0.29, 0.717) is 25.3 Å². The van der Waals surface area contributed by atoms with Gasteiger partial charge < -0.3 is 10.5 Å². The lowest BCUT2D eigenvalue weighted by atomic mass is 10.0. The first kappa shape index (κ1) is 15.5. The Hall–Kier alpha value is -1.87. The Balaban J connectivity index is 2.25. The van der Waals surface area contributed by atoms with Crippen LogP contribution in [0.4, 0.5) is 4.39 Å². The first-order chi connectivity index (χ1) is 10.0. The van der Waals surface area contributed by atoms with E-state index in [9.17, 15) is 4.39 Å². The lowest BCUT2D eigenvalue weighted by Crippen LogP contribution is -2.08. The average Bonchev–Trinajstić information content (AvgIpc) is 2.40. The normalized spacial score (nSPS) is 10.7. The standard InChI is InChI=1S/C18H22FNO/c1-12-9-13(2)16(14(3)10-12)11-21-18-15(7-8-20)5-4-6-17(18)19/h4-6,9-10H,7-8,11,20H2,1-3H3. The second kappa shape index (κ2) is 6.72. The van der Waals surface area contributed by atoms with Crippen LogP contribution in [-0.4, -0.2) is 6.54 Å². The van der Waals surface area contributed by atoms with Gasteiger partial charge in [0.2, 0.25) is 0 Å². The minimum atomic E-state index is -0.330. The zero-order valence-electron chi connectivity index (χ0n) is 12.9. The predicted octanol–water partition coefficient (Wildman–Crippen LogP) is 3.83. The second-order valence-electron chi connectivity index (χ2n) is 5.43. The van der Waals surface area contributed by atoms with Crippen molar-refractivity contribution in [1.29, 1.82) is 0 Å². The molecular weight excluding hydrogens is 265 g/mol. The quantitative estimate of drug-likeness (QED) is 0.907. The van der Waals surface area contributed by atoms with Gasteiger partial charge in [-0.3, -0.25) is 0 Å². The lowest BCUT2D eigenvalue weighted by Gasteiger charge is -2.15. The molecule has 2 nitrogen and oxygen atoms in total. The van der Waals surface area contributed by atoms with Gasteiger partial charge in [-0.05, 0) is 62.1 Å². The number of halogens is 1. The summed E-state index contributed by atoms with van der Waals surface area (Å²) >= 11 is 0. The highest BCUT2D eigenvalue weighted by Crippen LogP contribution is 2.25. The Morgan fingerprint density at radius 2 is 1.76 bits per heavy atom. The molecule has 0 amide bonds. The molecule has 0 fully saturated rings. The van der Waals surface area contributed by atoms with E-state index in [2.05, 4.69) is 32.9 Å². The summed E-state index contributed by atoms with van der Waals surface area (Å²) < 4.78 is 19.8. The van der Waals surface area contributed by atoms with Crippen molar-refractivity contribution >= 4 is 0 Å². The molecular formula is C18H22FNO. The number of nitrogens with two attached hydrogens (primary N) is 1. The van der Waals surface area contributed by atoms with Gasteiger partial charge in [-0.25, -0.2) is 4.39 Å². The molecule has 2 aromatic carbocycles. The highest BCUT2D eigenvalue weighted by atomic mass is 19.1. The molecule has 0 aromatic heterocycles. The molecule has 0 heterocycles. The average molecular weight is 287 g/mol. The van der Waals surface area contributed by atoms with E-state index in [-0.39, 0.29) is 5.82 Å². The third-order valence-electron chi connectivity index (χ3n) is 3.66. The Morgan fingerprint density at radius 1 is 1.10 bits per heavy atom. The summed E-state index contributed by atoms with van der Waals surface area (Å²) in [6, 6.07) is 9.21. The Bertz CT molecular complexity index is 614. The molecule has 0 aliphatic carbocycles. The molecule has 0 aliphatic heterocycles. The Kier molecular flexibility index (Phi) is 4.97. The molecule has 3 heteroatoms. The fourth-order valence-electron chi connectivity index (χ4n) is 2.65. The van der Waals surface area contributed by atoms with Crippen molar-refractivity contribution in [3.8, 4) is 5.75 Å². The van der Waals surface area contributed by atoms with Crippen LogP contribution in [0.25, 0.3) is 0 Å². The summed E-state index contributed by atoms with van der Waals surface area (Å²) in [6.07, 6.45) is 0.610. The minimum Gasteiger partial charge on any atom is -0.486 e. The molecule has 112 valence electrons. The van der Waals surface area contributed by atoms with Crippen LogP contribution in [0.2, 0.25) is 0 Å². The van der Waals surface area contributed by atoms with Gasteiger partial charge in [0.25, 0.3) is 0 Å². The summed E-state index contributed by atoms with van der Waals surface area (Å²) in [6.45, 7) is 7.03.